The van der Waals surface area contributed by atoms with Crippen molar-refractivity contribution in [1.82, 2.24) is 0 Å². The van der Waals surface area contributed by atoms with Crippen LogP contribution >= 0.6 is 0 Å². The first-order chi connectivity index (χ1) is 16.3. The predicted octanol–water partition coefficient (Wildman–Crippen LogP) is 4.23. The number of ether oxygens (including phenoxy) is 3. The van der Waals surface area contributed by atoms with Gasteiger partial charge in [-0.25, -0.2) is 26.3 Å². The Balaban J connectivity index is 2.46. The van der Waals surface area contributed by atoms with Gasteiger partial charge in [0.25, 0.3) is 6.71 Å². The molecule has 10 heteroatoms. The average molecular weight is 482 g/mol. The first kappa shape index (κ1) is 25.3. The van der Waals surface area contributed by atoms with Crippen molar-refractivity contribution >= 4 is 23.1 Å². The Morgan fingerprint density at radius 1 is 0.500 bits per heavy atom. The SMILES string of the molecule is CCOc1ccc(F)c(B(c2c(F)ccc(OCC)c2F)c2c(F)ccc(OCC)c2F)c1F. The van der Waals surface area contributed by atoms with Crippen LogP contribution in [0.4, 0.5) is 26.3 Å². The molecule has 0 radical (unpaired) electrons. The molecule has 0 saturated carbocycles. The van der Waals surface area contributed by atoms with Gasteiger partial charge < -0.3 is 14.2 Å². The zero-order valence-corrected chi connectivity index (χ0v) is 18.7. The van der Waals surface area contributed by atoms with E-state index in [4.69, 9.17) is 14.2 Å². The second-order valence-electron chi connectivity index (χ2n) is 7.05. The summed E-state index contributed by atoms with van der Waals surface area (Å²) < 4.78 is 107. The van der Waals surface area contributed by atoms with Gasteiger partial charge in [0.05, 0.1) is 19.8 Å². The van der Waals surface area contributed by atoms with Crippen molar-refractivity contribution in [2.75, 3.05) is 19.8 Å². The maximum absolute atomic E-state index is 15.4. The quantitative estimate of drug-likeness (QED) is 0.338. The summed E-state index contributed by atoms with van der Waals surface area (Å²) in [5.74, 6) is -9.27. The normalized spacial score (nSPS) is 10.9. The molecular formula is C24H21BF6O3. The summed E-state index contributed by atoms with van der Waals surface area (Å²) in [4.78, 5) is 0. The Kier molecular flexibility index (Phi) is 8.01. The second-order valence-corrected chi connectivity index (χ2v) is 7.05. The molecule has 0 atom stereocenters. The molecule has 0 bridgehead atoms. The molecule has 0 aliphatic heterocycles. The van der Waals surface area contributed by atoms with Crippen LogP contribution in [0.2, 0.25) is 0 Å². The van der Waals surface area contributed by atoms with Gasteiger partial charge >= 0.3 is 0 Å². The Labute approximate surface area is 193 Å². The molecule has 3 nitrogen and oxygen atoms in total. The fourth-order valence-corrected chi connectivity index (χ4v) is 3.68. The average Bonchev–Trinajstić information content (AvgIpc) is 2.79. The lowest BCUT2D eigenvalue weighted by Crippen LogP contribution is -2.59. The number of hydrogen-bond acceptors (Lipinski definition) is 3. The van der Waals surface area contributed by atoms with E-state index in [-0.39, 0.29) is 19.8 Å². The van der Waals surface area contributed by atoms with E-state index < -0.39 is 75.3 Å². The highest BCUT2D eigenvalue weighted by Crippen LogP contribution is 2.23. The Morgan fingerprint density at radius 3 is 1.00 bits per heavy atom. The molecule has 3 aromatic rings. The van der Waals surface area contributed by atoms with E-state index in [0.29, 0.717) is 0 Å². The molecule has 0 saturated heterocycles. The highest BCUT2D eigenvalue weighted by atomic mass is 19.2. The fourth-order valence-electron chi connectivity index (χ4n) is 3.68. The minimum Gasteiger partial charge on any atom is -0.491 e. The number of halogens is 6. The third-order valence-corrected chi connectivity index (χ3v) is 5.04. The van der Waals surface area contributed by atoms with E-state index in [9.17, 15) is 0 Å². The lowest BCUT2D eigenvalue weighted by Gasteiger charge is -2.22. The third kappa shape index (κ3) is 4.67. The van der Waals surface area contributed by atoms with Crippen LogP contribution in [-0.4, -0.2) is 26.5 Å². The standard InChI is InChI=1S/C24H21BF6O3/c1-4-32-16-10-7-13(26)19(22(16)29)25(20-14(27)8-11-17(23(20)30)33-5-2)21-15(28)9-12-18(24(21)31)34-6-3/h7-12H,4-6H2,1-3H3. The molecule has 3 aromatic carbocycles. The van der Waals surface area contributed by atoms with Crippen LogP contribution in [0.1, 0.15) is 20.8 Å². The van der Waals surface area contributed by atoms with Crippen molar-refractivity contribution in [2.45, 2.75) is 20.8 Å². The van der Waals surface area contributed by atoms with E-state index in [0.717, 1.165) is 36.4 Å². The molecule has 0 aliphatic carbocycles. The van der Waals surface area contributed by atoms with Crippen molar-refractivity contribution in [3.05, 3.63) is 71.3 Å². The van der Waals surface area contributed by atoms with Crippen LogP contribution in [0.3, 0.4) is 0 Å². The zero-order chi connectivity index (χ0) is 25.0. The van der Waals surface area contributed by atoms with Gasteiger partial charge in [-0.15, -0.1) is 0 Å². The van der Waals surface area contributed by atoms with Gasteiger partial charge in [-0.1, -0.05) is 0 Å². The number of benzene rings is 3. The molecule has 0 heterocycles. The van der Waals surface area contributed by atoms with E-state index in [1.165, 1.54) is 20.8 Å². The molecule has 0 amide bonds. The van der Waals surface area contributed by atoms with Crippen LogP contribution in [-0.2, 0) is 0 Å². The smallest absolute Gasteiger partial charge is 0.264 e. The lowest BCUT2D eigenvalue weighted by atomic mass is 9.36. The van der Waals surface area contributed by atoms with Crippen molar-refractivity contribution in [3.8, 4) is 17.2 Å². The molecule has 0 aromatic heterocycles. The molecule has 0 aliphatic rings. The van der Waals surface area contributed by atoms with Gasteiger partial charge in [-0.05, 0) is 57.2 Å². The summed E-state index contributed by atoms with van der Waals surface area (Å²) >= 11 is 0. The van der Waals surface area contributed by atoms with E-state index in [1.54, 1.807) is 0 Å². The molecule has 0 spiro atoms. The highest BCUT2D eigenvalue weighted by Gasteiger charge is 2.39. The van der Waals surface area contributed by atoms with Gasteiger partial charge in [0.15, 0.2) is 34.7 Å². The summed E-state index contributed by atoms with van der Waals surface area (Å²) in [6.45, 7) is 2.34. The van der Waals surface area contributed by atoms with Crippen molar-refractivity contribution in [2.24, 2.45) is 0 Å². The third-order valence-electron chi connectivity index (χ3n) is 5.04. The summed E-state index contributed by atoms with van der Waals surface area (Å²) in [7, 11) is 0. The van der Waals surface area contributed by atoms with Crippen LogP contribution in [0.25, 0.3) is 0 Å². The minimum atomic E-state index is -2.22. The zero-order valence-electron chi connectivity index (χ0n) is 18.7. The van der Waals surface area contributed by atoms with Crippen molar-refractivity contribution in [3.63, 3.8) is 0 Å². The topological polar surface area (TPSA) is 27.7 Å². The second kappa shape index (κ2) is 10.8. The number of hydrogen-bond donors (Lipinski definition) is 0. The fraction of sp³-hybridized carbons (Fsp3) is 0.250. The molecular weight excluding hydrogens is 461 g/mol. The minimum absolute atomic E-state index is 0.0161. The van der Waals surface area contributed by atoms with Gasteiger partial charge in [-0.2, -0.15) is 0 Å². The van der Waals surface area contributed by atoms with Crippen LogP contribution in [0.15, 0.2) is 36.4 Å². The van der Waals surface area contributed by atoms with E-state index in [2.05, 4.69) is 0 Å². The van der Waals surface area contributed by atoms with Gasteiger partial charge in [0, 0.05) is 16.4 Å². The molecule has 180 valence electrons. The molecule has 0 fully saturated rings. The molecule has 0 unspecified atom stereocenters. The molecule has 0 N–H and O–H groups in total. The van der Waals surface area contributed by atoms with Crippen LogP contribution in [0, 0.1) is 34.9 Å². The summed E-state index contributed by atoms with van der Waals surface area (Å²) in [5, 5.41) is 0. The lowest BCUT2D eigenvalue weighted by molar-refractivity contribution is 0.321. The van der Waals surface area contributed by atoms with E-state index in [1.807, 2.05) is 0 Å². The molecule has 3 rings (SSSR count). The maximum atomic E-state index is 15.4. The highest BCUT2D eigenvalue weighted by molar-refractivity contribution is 6.96. The van der Waals surface area contributed by atoms with Crippen LogP contribution in [0.5, 0.6) is 17.2 Å². The van der Waals surface area contributed by atoms with Gasteiger partial charge in [0.1, 0.15) is 17.5 Å². The van der Waals surface area contributed by atoms with Crippen LogP contribution < -0.4 is 30.6 Å². The monoisotopic (exact) mass is 482 g/mol. The summed E-state index contributed by atoms with van der Waals surface area (Å²) in [6, 6.07) is 5.30. The predicted molar refractivity (Wildman–Crippen MR) is 117 cm³/mol. The number of rotatable bonds is 9. The Morgan fingerprint density at radius 2 is 0.765 bits per heavy atom. The van der Waals surface area contributed by atoms with E-state index >= 15 is 26.3 Å². The Hall–Kier alpha value is -3.30. The first-order valence-corrected chi connectivity index (χ1v) is 10.6. The molecule has 34 heavy (non-hydrogen) atoms. The van der Waals surface area contributed by atoms with Gasteiger partial charge in [0.2, 0.25) is 0 Å². The largest absolute Gasteiger partial charge is 0.491 e. The van der Waals surface area contributed by atoms with Crippen molar-refractivity contribution < 1.29 is 40.6 Å². The maximum Gasteiger partial charge on any atom is 0.264 e. The first-order valence-electron chi connectivity index (χ1n) is 10.6. The van der Waals surface area contributed by atoms with Crippen molar-refractivity contribution in [1.29, 1.82) is 0 Å². The van der Waals surface area contributed by atoms with Gasteiger partial charge in [-0.3, -0.25) is 0 Å². The summed E-state index contributed by atoms with van der Waals surface area (Å²) in [5.41, 5.74) is -2.99. The summed E-state index contributed by atoms with van der Waals surface area (Å²) in [6.07, 6.45) is 0. The Bertz CT molecular complexity index is 1040.